The molecule has 2 atom stereocenters. The molecule has 10 heteroatoms. The van der Waals surface area contributed by atoms with Crippen LogP contribution in [0, 0.1) is 0 Å². The molecule has 0 bridgehead atoms. The number of phosphoric acid groups is 1. The summed E-state index contributed by atoms with van der Waals surface area (Å²) in [4.78, 5) is 35.0. The second kappa shape index (κ2) is 31.4. The zero-order valence-corrected chi connectivity index (χ0v) is 32.0. The fourth-order valence-electron chi connectivity index (χ4n) is 4.15. The van der Waals surface area contributed by atoms with E-state index >= 15 is 0 Å². The van der Waals surface area contributed by atoms with Crippen LogP contribution in [0.15, 0.2) is 72.9 Å². The Morgan fingerprint density at radius 2 is 1.22 bits per heavy atom. The maximum atomic E-state index is 12.5. The number of esters is 2. The molecule has 0 aromatic heterocycles. The Morgan fingerprint density at radius 3 is 1.82 bits per heavy atom. The molecule has 0 aromatic rings. The molecule has 0 heterocycles. The van der Waals surface area contributed by atoms with E-state index in [4.69, 9.17) is 18.5 Å². The van der Waals surface area contributed by atoms with Crippen LogP contribution in [-0.2, 0) is 32.7 Å². The van der Waals surface area contributed by atoms with E-state index in [-0.39, 0.29) is 26.1 Å². The number of carbonyl (C=O) groups is 2. The minimum absolute atomic E-state index is 0.00312. The zero-order valence-electron chi connectivity index (χ0n) is 31.1. The van der Waals surface area contributed by atoms with Gasteiger partial charge in [0, 0.05) is 6.42 Å². The van der Waals surface area contributed by atoms with Crippen LogP contribution in [0.2, 0.25) is 0 Å². The third-order valence-corrected chi connectivity index (χ3v) is 7.97. The van der Waals surface area contributed by atoms with Crippen LogP contribution < -0.4 is 0 Å². The number of quaternary nitrogens is 1. The van der Waals surface area contributed by atoms with Gasteiger partial charge in [0.1, 0.15) is 19.8 Å². The fraction of sp³-hybridized carbons (Fsp3) is 0.641. The van der Waals surface area contributed by atoms with Gasteiger partial charge in [-0.15, -0.1) is 0 Å². The third-order valence-electron chi connectivity index (χ3n) is 6.98. The SMILES string of the molecule is CC/C=C\C/C=C\C/C=C\C/C=C\C/C=C\CC(=O)OC(COC(=O)CCCCCCC/C=C\CCC)COP(=O)(O)OCC[N+](C)(C)C. The highest BCUT2D eigenvalue weighted by Gasteiger charge is 2.26. The van der Waals surface area contributed by atoms with Crippen molar-refractivity contribution in [2.45, 2.75) is 116 Å². The Balaban J connectivity index is 4.66. The van der Waals surface area contributed by atoms with Crippen molar-refractivity contribution in [3.8, 4) is 0 Å². The van der Waals surface area contributed by atoms with E-state index in [0.717, 1.165) is 64.2 Å². The molecular formula is C39H67NO8P+. The average molecular weight is 709 g/mol. The van der Waals surface area contributed by atoms with Gasteiger partial charge in [-0.3, -0.25) is 18.6 Å². The first-order chi connectivity index (χ1) is 23.5. The Morgan fingerprint density at radius 1 is 0.673 bits per heavy atom. The second-order valence-corrected chi connectivity index (χ2v) is 14.3. The van der Waals surface area contributed by atoms with Crippen molar-refractivity contribution in [1.82, 2.24) is 0 Å². The van der Waals surface area contributed by atoms with Gasteiger partial charge in [-0.25, -0.2) is 4.57 Å². The summed E-state index contributed by atoms with van der Waals surface area (Å²) in [6.45, 7) is 4.07. The number of phosphoric ester groups is 1. The highest BCUT2D eigenvalue weighted by molar-refractivity contribution is 7.47. The number of carbonyl (C=O) groups excluding carboxylic acids is 2. The molecule has 0 aliphatic carbocycles. The van der Waals surface area contributed by atoms with E-state index in [1.54, 1.807) is 6.08 Å². The molecule has 0 aliphatic heterocycles. The van der Waals surface area contributed by atoms with Crippen molar-refractivity contribution >= 4 is 19.8 Å². The predicted molar refractivity (Wildman–Crippen MR) is 201 cm³/mol. The first kappa shape index (κ1) is 46.5. The summed E-state index contributed by atoms with van der Waals surface area (Å²) < 4.78 is 33.9. The van der Waals surface area contributed by atoms with Crippen molar-refractivity contribution in [2.24, 2.45) is 0 Å². The summed E-state index contributed by atoms with van der Waals surface area (Å²) in [5, 5.41) is 0. The summed E-state index contributed by atoms with van der Waals surface area (Å²) >= 11 is 0. The van der Waals surface area contributed by atoms with Crippen LogP contribution in [0.3, 0.4) is 0 Å². The number of allylic oxidation sites excluding steroid dienone is 11. The van der Waals surface area contributed by atoms with Gasteiger partial charge in [-0.05, 0) is 57.8 Å². The molecule has 2 unspecified atom stereocenters. The molecule has 0 rings (SSSR count). The van der Waals surface area contributed by atoms with Gasteiger partial charge in [-0.1, -0.05) is 112 Å². The van der Waals surface area contributed by atoms with Gasteiger partial charge in [0.25, 0.3) is 0 Å². The highest BCUT2D eigenvalue weighted by atomic mass is 31.2. The van der Waals surface area contributed by atoms with Gasteiger partial charge in [0.2, 0.25) is 0 Å². The minimum atomic E-state index is -4.39. The Hall–Kier alpha value is -2.55. The van der Waals surface area contributed by atoms with E-state index in [1.165, 1.54) is 6.42 Å². The van der Waals surface area contributed by atoms with Crippen LogP contribution >= 0.6 is 7.82 Å². The van der Waals surface area contributed by atoms with E-state index < -0.39 is 32.5 Å². The highest BCUT2D eigenvalue weighted by Crippen LogP contribution is 2.43. The molecule has 0 aromatic carbocycles. The minimum Gasteiger partial charge on any atom is -0.462 e. The van der Waals surface area contributed by atoms with Gasteiger partial charge in [0.15, 0.2) is 6.10 Å². The van der Waals surface area contributed by atoms with Gasteiger partial charge < -0.3 is 18.9 Å². The van der Waals surface area contributed by atoms with Gasteiger partial charge in [-0.2, -0.15) is 0 Å². The lowest BCUT2D eigenvalue weighted by atomic mass is 10.1. The third kappa shape index (κ3) is 35.1. The number of nitrogens with zero attached hydrogens (tertiary/aromatic N) is 1. The molecule has 9 nitrogen and oxygen atoms in total. The molecule has 0 spiro atoms. The summed E-state index contributed by atoms with van der Waals surface area (Å²) in [5.41, 5.74) is 0. The van der Waals surface area contributed by atoms with Crippen molar-refractivity contribution < 1.29 is 42.1 Å². The summed E-state index contributed by atoms with van der Waals surface area (Å²) in [5.74, 6) is -0.970. The smallest absolute Gasteiger partial charge is 0.462 e. The summed E-state index contributed by atoms with van der Waals surface area (Å²) in [6, 6.07) is 0. The molecule has 49 heavy (non-hydrogen) atoms. The molecule has 0 fully saturated rings. The number of likely N-dealkylation sites (N-methyl/N-ethyl adjacent to an activating group) is 1. The monoisotopic (exact) mass is 708 g/mol. The standard InChI is InChI=1S/C39H66NO8P/c1-6-8-10-12-14-16-18-19-20-21-22-24-26-28-30-32-39(42)48-37(36-47-49(43,44)46-34-33-40(3,4)5)35-45-38(41)31-29-27-25-23-17-15-13-11-9-7-2/h8,10-11,13-14,16,19-20,22,24,28,30,37H,6-7,9,12,15,17-18,21,23,25-27,29,31-36H2,1-5H3/p+1/b10-8-,13-11-,16-14-,20-19-,24-22-,30-28-. The van der Waals surface area contributed by atoms with Crippen LogP contribution in [-0.4, -0.2) is 74.9 Å². The zero-order chi connectivity index (χ0) is 36.5. The maximum absolute atomic E-state index is 12.5. The molecule has 0 saturated carbocycles. The summed E-state index contributed by atoms with van der Waals surface area (Å²) in [6.07, 6.45) is 37.1. The van der Waals surface area contributed by atoms with Crippen molar-refractivity contribution in [3.05, 3.63) is 72.9 Å². The largest absolute Gasteiger partial charge is 0.472 e. The van der Waals surface area contributed by atoms with Crippen LogP contribution in [0.5, 0.6) is 0 Å². The molecule has 0 saturated heterocycles. The molecule has 0 aliphatic rings. The van der Waals surface area contributed by atoms with Crippen molar-refractivity contribution in [1.29, 1.82) is 0 Å². The number of ether oxygens (including phenoxy) is 2. The first-order valence-corrected chi connectivity index (χ1v) is 19.7. The normalized spacial score (nSPS) is 14.7. The Kier molecular flexibility index (Phi) is 29.8. The van der Waals surface area contributed by atoms with E-state index in [2.05, 4.69) is 68.5 Å². The lowest BCUT2D eigenvalue weighted by Gasteiger charge is -2.24. The lowest BCUT2D eigenvalue weighted by Crippen LogP contribution is -2.37. The van der Waals surface area contributed by atoms with E-state index in [9.17, 15) is 19.0 Å². The number of hydrogen-bond donors (Lipinski definition) is 1. The predicted octanol–water partition coefficient (Wildman–Crippen LogP) is 9.51. The fourth-order valence-corrected chi connectivity index (χ4v) is 4.89. The maximum Gasteiger partial charge on any atom is 0.472 e. The van der Waals surface area contributed by atoms with Crippen molar-refractivity contribution in [2.75, 3.05) is 47.5 Å². The Bertz CT molecular complexity index is 1070. The quantitative estimate of drug-likeness (QED) is 0.0250. The van der Waals surface area contributed by atoms with E-state index in [0.29, 0.717) is 23.9 Å². The van der Waals surface area contributed by atoms with Crippen LogP contribution in [0.25, 0.3) is 0 Å². The van der Waals surface area contributed by atoms with Gasteiger partial charge in [0.05, 0.1) is 34.2 Å². The molecule has 1 N–H and O–H groups in total. The second-order valence-electron chi connectivity index (χ2n) is 12.9. The van der Waals surface area contributed by atoms with Crippen LogP contribution in [0.4, 0.5) is 0 Å². The topological polar surface area (TPSA) is 108 Å². The summed E-state index contributed by atoms with van der Waals surface area (Å²) in [7, 11) is 1.40. The van der Waals surface area contributed by atoms with Crippen LogP contribution in [0.1, 0.15) is 110 Å². The van der Waals surface area contributed by atoms with Crippen molar-refractivity contribution in [3.63, 3.8) is 0 Å². The average Bonchev–Trinajstić information content (AvgIpc) is 3.04. The van der Waals surface area contributed by atoms with Gasteiger partial charge >= 0.3 is 19.8 Å². The Labute approximate surface area is 298 Å². The first-order valence-electron chi connectivity index (χ1n) is 18.2. The molecular weight excluding hydrogens is 641 g/mol. The molecule has 0 amide bonds. The van der Waals surface area contributed by atoms with E-state index in [1.807, 2.05) is 33.3 Å². The number of unbranched alkanes of at least 4 members (excludes halogenated alkanes) is 6. The molecule has 280 valence electrons. The number of hydrogen-bond acceptors (Lipinski definition) is 7. The molecule has 0 radical (unpaired) electrons. The lowest BCUT2D eigenvalue weighted by molar-refractivity contribution is -0.870. The number of rotatable bonds is 31.